The van der Waals surface area contributed by atoms with Crippen molar-refractivity contribution in [3.05, 3.63) is 35.0 Å². The third-order valence-corrected chi connectivity index (χ3v) is 3.56. The number of hydrogen-bond donors (Lipinski definition) is 2. The maximum Gasteiger partial charge on any atom is 0.0586 e. The summed E-state index contributed by atoms with van der Waals surface area (Å²) in [7, 11) is 2.02. The first-order valence-electron chi connectivity index (χ1n) is 5.21. The Morgan fingerprint density at radius 2 is 2.13 bits per heavy atom. The van der Waals surface area contributed by atoms with E-state index in [1.54, 1.807) is 0 Å². The van der Waals surface area contributed by atoms with Crippen LogP contribution >= 0.6 is 11.6 Å². The topological polar surface area (TPSA) is 27.8 Å². The van der Waals surface area contributed by atoms with E-state index in [9.17, 15) is 0 Å². The van der Waals surface area contributed by atoms with Crippen LogP contribution in [0.15, 0.2) is 24.3 Å². The van der Waals surface area contributed by atoms with Gasteiger partial charge in [0.15, 0.2) is 0 Å². The van der Waals surface area contributed by atoms with Gasteiger partial charge in [0.25, 0.3) is 0 Å². The molecule has 0 atom stereocenters. The molecule has 0 saturated heterocycles. The summed E-state index contributed by atoms with van der Waals surface area (Å²) < 4.78 is 0. The van der Waals surface area contributed by atoms with E-state index >= 15 is 0 Å². The number of rotatable bonds is 2. The maximum absolute atomic E-state index is 5.96. The number of nitrogens with one attached hydrogen (secondary N) is 2. The van der Waals surface area contributed by atoms with E-state index in [2.05, 4.69) is 16.4 Å². The van der Waals surface area contributed by atoms with Gasteiger partial charge >= 0.3 is 0 Å². The lowest BCUT2D eigenvalue weighted by atomic mass is 10.2. The van der Waals surface area contributed by atoms with Crippen LogP contribution in [0.25, 0.3) is 10.9 Å². The standard InChI is InChI=1S/C12H13ClN2/c1-14-12(4-5-12)11-7-8-6-9(13)2-3-10(8)15-11/h2-3,6-7,14-15H,4-5H2,1H3. The summed E-state index contributed by atoms with van der Waals surface area (Å²) in [6, 6.07) is 8.16. The van der Waals surface area contributed by atoms with Gasteiger partial charge in [-0.05, 0) is 44.2 Å². The minimum Gasteiger partial charge on any atom is -0.357 e. The molecule has 1 saturated carbocycles. The minimum atomic E-state index is 0.200. The van der Waals surface area contributed by atoms with E-state index in [4.69, 9.17) is 11.6 Å². The normalized spacial score (nSPS) is 18.3. The number of fused-ring (bicyclic) bond motifs is 1. The Balaban J connectivity index is 2.14. The van der Waals surface area contributed by atoms with Crippen LogP contribution < -0.4 is 5.32 Å². The van der Waals surface area contributed by atoms with E-state index in [1.165, 1.54) is 23.9 Å². The van der Waals surface area contributed by atoms with Crippen molar-refractivity contribution in [2.45, 2.75) is 18.4 Å². The van der Waals surface area contributed by atoms with Crippen LogP contribution in [0.3, 0.4) is 0 Å². The molecule has 1 heterocycles. The third kappa shape index (κ3) is 1.36. The molecule has 2 nitrogen and oxygen atoms in total. The molecule has 1 aromatic carbocycles. The molecule has 0 aliphatic heterocycles. The van der Waals surface area contributed by atoms with Crippen molar-refractivity contribution in [2.75, 3.05) is 7.05 Å². The zero-order chi connectivity index (χ0) is 10.5. The van der Waals surface area contributed by atoms with Crippen molar-refractivity contribution >= 4 is 22.5 Å². The first-order chi connectivity index (χ1) is 7.23. The fourth-order valence-corrected chi connectivity index (χ4v) is 2.32. The Kier molecular flexibility index (Phi) is 1.85. The van der Waals surface area contributed by atoms with Crippen LogP contribution in [0.5, 0.6) is 0 Å². The fourth-order valence-electron chi connectivity index (χ4n) is 2.14. The van der Waals surface area contributed by atoms with Crippen LogP contribution in [0.1, 0.15) is 18.5 Å². The number of aromatic nitrogens is 1. The second-order valence-electron chi connectivity index (χ2n) is 4.25. The van der Waals surface area contributed by atoms with Crippen molar-refractivity contribution in [1.29, 1.82) is 0 Å². The van der Waals surface area contributed by atoms with Crippen LogP contribution in [0.2, 0.25) is 5.02 Å². The number of halogens is 1. The number of H-pyrrole nitrogens is 1. The lowest BCUT2D eigenvalue weighted by Crippen LogP contribution is -2.24. The van der Waals surface area contributed by atoms with Crippen LogP contribution in [0.4, 0.5) is 0 Å². The van der Waals surface area contributed by atoms with Gasteiger partial charge in [-0.25, -0.2) is 0 Å². The molecule has 1 aromatic heterocycles. The predicted molar refractivity (Wildman–Crippen MR) is 63.3 cm³/mol. The van der Waals surface area contributed by atoms with Gasteiger partial charge in [-0.15, -0.1) is 0 Å². The molecule has 0 amide bonds. The molecule has 1 aliphatic carbocycles. The van der Waals surface area contributed by atoms with Gasteiger partial charge < -0.3 is 10.3 Å². The zero-order valence-corrected chi connectivity index (χ0v) is 9.36. The monoisotopic (exact) mass is 220 g/mol. The summed E-state index contributed by atoms with van der Waals surface area (Å²) in [6.45, 7) is 0. The quantitative estimate of drug-likeness (QED) is 0.800. The molecule has 15 heavy (non-hydrogen) atoms. The van der Waals surface area contributed by atoms with Gasteiger partial charge in [-0.3, -0.25) is 0 Å². The highest BCUT2D eigenvalue weighted by atomic mass is 35.5. The first-order valence-corrected chi connectivity index (χ1v) is 5.59. The molecule has 0 spiro atoms. The number of benzene rings is 1. The van der Waals surface area contributed by atoms with Crippen molar-refractivity contribution in [2.24, 2.45) is 0 Å². The van der Waals surface area contributed by atoms with E-state index in [0.717, 1.165) is 10.5 Å². The summed E-state index contributed by atoms with van der Waals surface area (Å²) in [5.41, 5.74) is 2.64. The molecule has 1 fully saturated rings. The molecule has 1 aliphatic rings. The molecule has 2 N–H and O–H groups in total. The molecular weight excluding hydrogens is 208 g/mol. The smallest absolute Gasteiger partial charge is 0.0586 e. The Bertz CT molecular complexity index is 511. The molecule has 0 radical (unpaired) electrons. The Labute approximate surface area is 93.6 Å². The molecule has 3 heteroatoms. The van der Waals surface area contributed by atoms with Crippen molar-refractivity contribution in [1.82, 2.24) is 10.3 Å². The second-order valence-corrected chi connectivity index (χ2v) is 4.68. The Morgan fingerprint density at radius 3 is 2.80 bits per heavy atom. The fraction of sp³-hybridized carbons (Fsp3) is 0.333. The average Bonchev–Trinajstić information content (AvgIpc) is 2.93. The van der Waals surface area contributed by atoms with Gasteiger partial charge in [0.05, 0.1) is 5.54 Å². The highest BCUT2D eigenvalue weighted by molar-refractivity contribution is 6.31. The Morgan fingerprint density at radius 1 is 1.33 bits per heavy atom. The lowest BCUT2D eigenvalue weighted by Gasteiger charge is -2.10. The molecule has 3 rings (SSSR count). The third-order valence-electron chi connectivity index (χ3n) is 3.33. The predicted octanol–water partition coefficient (Wildman–Crippen LogP) is 3.03. The van der Waals surface area contributed by atoms with Gasteiger partial charge in [0.2, 0.25) is 0 Å². The molecule has 78 valence electrons. The molecule has 0 unspecified atom stereocenters. The minimum absolute atomic E-state index is 0.200. The lowest BCUT2D eigenvalue weighted by molar-refractivity contribution is 0.572. The van der Waals surface area contributed by atoms with Gasteiger partial charge in [-0.2, -0.15) is 0 Å². The molecular formula is C12H13ClN2. The van der Waals surface area contributed by atoms with Crippen LogP contribution in [0, 0.1) is 0 Å². The molecule has 0 bridgehead atoms. The van der Waals surface area contributed by atoms with Gasteiger partial charge in [-0.1, -0.05) is 11.6 Å². The SMILES string of the molecule is CNC1(c2cc3cc(Cl)ccc3[nH]2)CC1. The number of hydrogen-bond acceptors (Lipinski definition) is 1. The van der Waals surface area contributed by atoms with Crippen molar-refractivity contribution in [3.63, 3.8) is 0 Å². The Hall–Kier alpha value is -0.990. The first kappa shape index (κ1) is 9.25. The van der Waals surface area contributed by atoms with E-state index < -0.39 is 0 Å². The van der Waals surface area contributed by atoms with Crippen molar-refractivity contribution in [3.8, 4) is 0 Å². The summed E-state index contributed by atoms with van der Waals surface area (Å²) in [4.78, 5) is 3.46. The van der Waals surface area contributed by atoms with Crippen LogP contribution in [-0.4, -0.2) is 12.0 Å². The average molecular weight is 221 g/mol. The summed E-state index contributed by atoms with van der Waals surface area (Å²) >= 11 is 5.96. The summed E-state index contributed by atoms with van der Waals surface area (Å²) in [5, 5.41) is 5.37. The van der Waals surface area contributed by atoms with Crippen molar-refractivity contribution < 1.29 is 0 Å². The number of aromatic amines is 1. The summed E-state index contributed by atoms with van der Waals surface area (Å²) in [6.07, 6.45) is 2.42. The maximum atomic E-state index is 5.96. The van der Waals surface area contributed by atoms with Gasteiger partial charge in [0, 0.05) is 21.6 Å². The second kappa shape index (κ2) is 3.00. The van der Waals surface area contributed by atoms with Crippen LogP contribution in [-0.2, 0) is 5.54 Å². The largest absolute Gasteiger partial charge is 0.357 e. The highest BCUT2D eigenvalue weighted by Gasteiger charge is 2.43. The van der Waals surface area contributed by atoms with Gasteiger partial charge in [0.1, 0.15) is 0 Å². The van der Waals surface area contributed by atoms with E-state index in [1.807, 2.05) is 25.2 Å². The van der Waals surface area contributed by atoms with E-state index in [0.29, 0.717) is 0 Å². The summed E-state index contributed by atoms with van der Waals surface area (Å²) in [5.74, 6) is 0. The highest BCUT2D eigenvalue weighted by Crippen LogP contribution is 2.45. The zero-order valence-electron chi connectivity index (χ0n) is 8.60. The molecule has 2 aromatic rings. The van der Waals surface area contributed by atoms with E-state index in [-0.39, 0.29) is 5.54 Å².